The first-order chi connectivity index (χ1) is 1.41. The van der Waals surface area contributed by atoms with Crippen LogP contribution >= 0.6 is 37.2 Å². The molecule has 0 atom stereocenters. The van der Waals surface area contributed by atoms with Crippen molar-refractivity contribution in [3.8, 4) is 0 Å². The third-order valence-electron chi connectivity index (χ3n) is 0. The number of halogens is 3. The summed E-state index contributed by atoms with van der Waals surface area (Å²) in [5.74, 6) is 0. The van der Waals surface area contributed by atoms with Crippen molar-refractivity contribution in [1.29, 1.82) is 0 Å². The summed E-state index contributed by atoms with van der Waals surface area (Å²) < 4.78 is 0. The molecule has 1 radical (unpaired) electrons. The van der Waals surface area contributed by atoms with Gasteiger partial charge in [0.05, 0.1) is 0 Å². The standard InChI is InChI=1S/Eu.I3/c;1-3-2/q;-1. The van der Waals surface area contributed by atoms with Crippen LogP contribution < -0.4 is 13.3 Å². The molecule has 0 saturated carbocycles. The van der Waals surface area contributed by atoms with Gasteiger partial charge in [0.15, 0.2) is 0 Å². The van der Waals surface area contributed by atoms with Gasteiger partial charge in [-0.15, -0.1) is 0 Å². The Kier molecular flexibility index (Phi) is 26.5. The minimum absolute atomic E-state index is 0. The van der Waals surface area contributed by atoms with Crippen molar-refractivity contribution in [3.63, 3.8) is 0 Å². The van der Waals surface area contributed by atoms with Crippen LogP contribution in [0.1, 0.15) is 0 Å². The van der Waals surface area contributed by atoms with Crippen LogP contribution in [0.2, 0.25) is 0 Å². The Morgan fingerprint density at radius 2 is 1.25 bits per heavy atom. The van der Waals surface area contributed by atoms with Crippen molar-refractivity contribution >= 4 is 37.2 Å². The summed E-state index contributed by atoms with van der Waals surface area (Å²) in [7, 11) is 0. The summed E-state index contributed by atoms with van der Waals surface area (Å²) >= 11 is 5.30. The fraction of sp³-hybridized carbons (Fsp3) is 0. The number of rotatable bonds is 0. The van der Waals surface area contributed by atoms with Crippen LogP contribution in [0.5, 0.6) is 0 Å². The van der Waals surface area contributed by atoms with Crippen LogP contribution in [0, 0.1) is 49.4 Å². The quantitative estimate of drug-likeness (QED) is 0.343. The van der Waals surface area contributed by atoms with Gasteiger partial charge in [-0.1, -0.05) is 0 Å². The zero-order chi connectivity index (χ0) is 2.71. The molecule has 0 aliphatic carbocycles. The van der Waals surface area contributed by atoms with Crippen molar-refractivity contribution in [3.05, 3.63) is 0 Å². The van der Waals surface area contributed by atoms with E-state index < -0.39 is 0 Å². The summed E-state index contributed by atoms with van der Waals surface area (Å²) in [6.07, 6.45) is 0. The molecule has 0 N–H and O–H groups in total. The van der Waals surface area contributed by atoms with Crippen LogP contribution in [-0.4, -0.2) is 0 Å². The second-order valence-corrected chi connectivity index (χ2v) is 16.3. The molecule has 0 amide bonds. The van der Waals surface area contributed by atoms with Crippen LogP contribution in [0.4, 0.5) is 0 Å². The Labute approximate surface area is 96.4 Å². The van der Waals surface area contributed by atoms with E-state index in [1.54, 1.807) is 0 Å². The molecule has 0 rings (SSSR count). The van der Waals surface area contributed by atoms with E-state index in [0.717, 1.165) is 0 Å². The Bertz CT molecular complexity index is 3.25. The van der Waals surface area contributed by atoms with Crippen molar-refractivity contribution < 1.29 is 62.6 Å². The van der Waals surface area contributed by atoms with E-state index in [0.29, 0.717) is 13.3 Å². The fourth-order valence-electron chi connectivity index (χ4n) is 0. The Morgan fingerprint density at radius 1 is 1.25 bits per heavy atom. The summed E-state index contributed by atoms with van der Waals surface area (Å²) in [6.45, 7) is 0. The molecule has 0 fully saturated rings. The second-order valence-electron chi connectivity index (χ2n) is 0.0540. The molecule has 0 aromatic heterocycles. The van der Waals surface area contributed by atoms with Gasteiger partial charge in [0.1, 0.15) is 0 Å². The van der Waals surface area contributed by atoms with Crippen LogP contribution in [-0.2, 0) is 0 Å². The van der Waals surface area contributed by atoms with Gasteiger partial charge in [-0.25, -0.2) is 0 Å². The van der Waals surface area contributed by atoms with E-state index in [2.05, 4.69) is 37.2 Å². The smallest absolute Gasteiger partial charge is 0 e. The summed E-state index contributed by atoms with van der Waals surface area (Å²) in [6, 6.07) is 0. The van der Waals surface area contributed by atoms with Gasteiger partial charge in [0.25, 0.3) is 0 Å². The van der Waals surface area contributed by atoms with Crippen molar-refractivity contribution in [1.82, 2.24) is 0 Å². The number of hydrogen-bond acceptors (Lipinski definition) is 0. The molecule has 0 heterocycles. The van der Waals surface area contributed by atoms with Crippen molar-refractivity contribution in [2.45, 2.75) is 0 Å². The first-order valence-electron chi connectivity index (χ1n) is 0.286. The molecular weight excluding hydrogens is 533 g/mol. The molecule has 4 heteroatoms. The molecule has 0 unspecified atom stereocenters. The van der Waals surface area contributed by atoms with E-state index in [-0.39, 0.29) is 49.4 Å². The van der Waals surface area contributed by atoms with Gasteiger partial charge in [-0.2, -0.15) is 0 Å². The molecule has 0 nitrogen and oxygen atoms in total. The van der Waals surface area contributed by atoms with Crippen LogP contribution in [0.3, 0.4) is 0 Å². The zero-order valence-electron chi connectivity index (χ0n) is 1.51. The average molecular weight is 533 g/mol. The van der Waals surface area contributed by atoms with Crippen LogP contribution in [0.15, 0.2) is 0 Å². The largest absolute Gasteiger partial charge is 0 e. The van der Waals surface area contributed by atoms with Crippen LogP contribution in [0.25, 0.3) is 0 Å². The minimum Gasteiger partial charge on any atom is 0 e. The number of hydrogen-bond donors (Lipinski definition) is 0. The SMILES string of the molecule is I[I-]I.[Eu]. The Morgan fingerprint density at radius 3 is 1.25 bits per heavy atom. The fourth-order valence-corrected chi connectivity index (χ4v) is 0. The predicted molar refractivity (Wildman–Crippen MR) is 28.0 cm³/mol. The normalized spacial score (nSPS) is 5.50. The first kappa shape index (κ1) is 10.7. The Balaban J connectivity index is 0. The maximum Gasteiger partial charge on any atom is 0 e. The minimum atomic E-state index is 0. The van der Waals surface area contributed by atoms with Gasteiger partial charge in [-0.3, -0.25) is 0 Å². The first-order valence-corrected chi connectivity index (χ1v) is 12.9. The third-order valence-corrected chi connectivity index (χ3v) is 0. The van der Waals surface area contributed by atoms with Gasteiger partial charge < -0.3 is 0 Å². The summed E-state index contributed by atoms with van der Waals surface area (Å²) in [4.78, 5) is 0. The molecule has 0 bridgehead atoms. The molecule has 0 aliphatic rings. The van der Waals surface area contributed by atoms with Crippen molar-refractivity contribution in [2.24, 2.45) is 0 Å². The molecule has 29 valence electrons. The van der Waals surface area contributed by atoms with Gasteiger partial charge >= 0.3 is 50.5 Å². The molecule has 4 heavy (non-hydrogen) atoms. The molecule has 0 aromatic carbocycles. The summed E-state index contributed by atoms with van der Waals surface area (Å²) in [5, 5.41) is 0. The van der Waals surface area contributed by atoms with Gasteiger partial charge in [0.2, 0.25) is 0 Å². The van der Waals surface area contributed by atoms with E-state index >= 15 is 0 Å². The maximum atomic E-state index is 2.39. The molecule has 0 saturated heterocycles. The average Bonchev–Trinajstić information content (AvgIpc) is 0.918. The third kappa shape index (κ3) is 9.24. The Hall–Kier alpha value is 3.77. The molecular formula is EuI3-. The summed E-state index contributed by atoms with van der Waals surface area (Å²) in [5.41, 5.74) is 0. The monoisotopic (exact) mass is 534 g/mol. The van der Waals surface area contributed by atoms with E-state index in [9.17, 15) is 0 Å². The topological polar surface area (TPSA) is 0 Å². The molecule has 0 aromatic rings. The second kappa shape index (κ2) is 9.91. The van der Waals surface area contributed by atoms with Gasteiger partial charge in [0, 0.05) is 49.4 Å². The molecule has 0 spiro atoms. The maximum absolute atomic E-state index is 2.39. The zero-order valence-corrected chi connectivity index (χ0v) is 10.4. The van der Waals surface area contributed by atoms with E-state index in [1.807, 2.05) is 0 Å². The van der Waals surface area contributed by atoms with E-state index in [1.165, 1.54) is 0 Å². The van der Waals surface area contributed by atoms with E-state index in [4.69, 9.17) is 0 Å². The molecule has 0 aliphatic heterocycles. The van der Waals surface area contributed by atoms with Gasteiger partial charge in [-0.05, 0) is 0 Å². The van der Waals surface area contributed by atoms with Crippen molar-refractivity contribution in [2.75, 3.05) is 0 Å². The predicted octanol–water partition coefficient (Wildman–Crippen LogP) is -1.22.